The lowest BCUT2D eigenvalue weighted by Gasteiger charge is -2.31. The van der Waals surface area contributed by atoms with Gasteiger partial charge in [-0.05, 0) is 30.9 Å². The molecule has 4 nitrogen and oxygen atoms in total. The molecule has 0 aromatic heterocycles. The van der Waals surface area contributed by atoms with Gasteiger partial charge in [0.1, 0.15) is 6.29 Å². The lowest BCUT2D eigenvalue weighted by Crippen LogP contribution is -2.43. The first-order chi connectivity index (χ1) is 10.5. The third-order valence-electron chi connectivity index (χ3n) is 4.13. The molecule has 2 atom stereocenters. The zero-order valence-corrected chi connectivity index (χ0v) is 13.4. The Morgan fingerprint density at radius 2 is 1.95 bits per heavy atom. The lowest BCUT2D eigenvalue weighted by molar-refractivity contribution is -0.142. The van der Waals surface area contributed by atoms with Crippen LogP contribution in [0.4, 0.5) is 0 Å². The molecule has 0 bridgehead atoms. The van der Waals surface area contributed by atoms with Crippen LogP contribution in [0.1, 0.15) is 45.6 Å². The maximum absolute atomic E-state index is 12.6. The largest absolute Gasteiger partial charge is 0.405 e. The Labute approximate surface area is 131 Å². The van der Waals surface area contributed by atoms with E-state index < -0.39 is 5.54 Å². The van der Waals surface area contributed by atoms with Crippen LogP contribution in [0.5, 0.6) is 0 Å². The molecule has 0 amide bonds. The van der Waals surface area contributed by atoms with Gasteiger partial charge >= 0.3 is 5.97 Å². The van der Waals surface area contributed by atoms with E-state index in [0.717, 1.165) is 11.8 Å². The summed E-state index contributed by atoms with van der Waals surface area (Å²) < 4.78 is 5.49. The van der Waals surface area contributed by atoms with Gasteiger partial charge in [-0.3, -0.25) is 0 Å². The second-order valence-corrected chi connectivity index (χ2v) is 6.20. The van der Waals surface area contributed by atoms with Crippen molar-refractivity contribution in [2.24, 2.45) is 16.8 Å². The third-order valence-corrected chi connectivity index (χ3v) is 4.13. The SMILES string of the molecule is CC[C@H](CC=O)[C@]1(CC(C)C)N=C(c2ccccc2)OC1=O. The molecule has 0 fully saturated rings. The minimum Gasteiger partial charge on any atom is -0.405 e. The second-order valence-electron chi connectivity index (χ2n) is 6.20. The predicted octanol–water partition coefficient (Wildman–Crippen LogP) is 3.39. The Hall–Kier alpha value is -1.97. The van der Waals surface area contributed by atoms with Gasteiger partial charge in [0.25, 0.3) is 0 Å². The first-order valence-corrected chi connectivity index (χ1v) is 7.84. The molecule has 4 heteroatoms. The summed E-state index contributed by atoms with van der Waals surface area (Å²) in [6.45, 7) is 6.09. The number of aldehydes is 1. The highest BCUT2D eigenvalue weighted by Crippen LogP contribution is 2.39. The van der Waals surface area contributed by atoms with E-state index in [1.165, 1.54) is 0 Å². The van der Waals surface area contributed by atoms with Gasteiger partial charge in [-0.25, -0.2) is 9.79 Å². The summed E-state index contributed by atoms with van der Waals surface area (Å²) in [6.07, 6.45) is 2.50. The van der Waals surface area contributed by atoms with Crippen LogP contribution in [0, 0.1) is 11.8 Å². The molecule has 2 rings (SSSR count). The number of esters is 1. The fourth-order valence-electron chi connectivity index (χ4n) is 3.12. The summed E-state index contributed by atoms with van der Waals surface area (Å²) in [7, 11) is 0. The maximum Gasteiger partial charge on any atom is 0.341 e. The van der Waals surface area contributed by atoms with Crippen molar-refractivity contribution in [3.63, 3.8) is 0 Å². The molecule has 0 N–H and O–H groups in total. The van der Waals surface area contributed by atoms with Crippen molar-refractivity contribution in [2.45, 2.75) is 45.6 Å². The van der Waals surface area contributed by atoms with Crippen molar-refractivity contribution < 1.29 is 14.3 Å². The molecule has 1 aromatic rings. The lowest BCUT2D eigenvalue weighted by atomic mass is 9.75. The highest BCUT2D eigenvalue weighted by molar-refractivity contribution is 6.08. The number of rotatable bonds is 7. The number of carbonyl (C=O) groups excluding carboxylic acids is 2. The molecule has 0 unspecified atom stereocenters. The zero-order valence-electron chi connectivity index (χ0n) is 13.4. The first-order valence-electron chi connectivity index (χ1n) is 7.84. The molecule has 22 heavy (non-hydrogen) atoms. The summed E-state index contributed by atoms with van der Waals surface area (Å²) in [4.78, 5) is 28.3. The molecule has 118 valence electrons. The number of hydrogen-bond acceptors (Lipinski definition) is 4. The number of aliphatic imine (C=N–C) groups is 1. The Balaban J connectivity index is 2.45. The van der Waals surface area contributed by atoms with Crippen molar-refractivity contribution >= 4 is 18.2 Å². The van der Waals surface area contributed by atoms with E-state index in [4.69, 9.17) is 4.74 Å². The zero-order chi connectivity index (χ0) is 16.2. The van der Waals surface area contributed by atoms with Crippen LogP contribution in [0.3, 0.4) is 0 Å². The number of hydrogen-bond donors (Lipinski definition) is 0. The molecular weight excluding hydrogens is 278 g/mol. The van der Waals surface area contributed by atoms with E-state index in [-0.39, 0.29) is 17.8 Å². The monoisotopic (exact) mass is 301 g/mol. The Kier molecular flexibility index (Phi) is 5.11. The Morgan fingerprint density at radius 3 is 2.50 bits per heavy atom. The van der Waals surface area contributed by atoms with E-state index in [9.17, 15) is 9.59 Å². The minimum absolute atomic E-state index is 0.124. The average molecular weight is 301 g/mol. The number of carbonyl (C=O) groups is 2. The van der Waals surface area contributed by atoms with Gasteiger partial charge in [0.15, 0.2) is 5.54 Å². The Morgan fingerprint density at radius 1 is 1.27 bits per heavy atom. The van der Waals surface area contributed by atoms with Crippen LogP contribution in [0.15, 0.2) is 35.3 Å². The molecule has 0 saturated heterocycles. The van der Waals surface area contributed by atoms with Gasteiger partial charge in [0.2, 0.25) is 5.90 Å². The van der Waals surface area contributed by atoms with Crippen LogP contribution in [-0.4, -0.2) is 23.7 Å². The standard InChI is InChI=1S/C18H23NO3/c1-4-15(10-11-20)18(12-13(2)3)17(21)22-16(19-18)14-8-6-5-7-9-14/h5-9,11,13,15H,4,10,12H2,1-3H3/t15-,18+/m1/s1. The van der Waals surface area contributed by atoms with Gasteiger partial charge in [-0.1, -0.05) is 39.0 Å². The molecule has 0 aliphatic carbocycles. The van der Waals surface area contributed by atoms with E-state index >= 15 is 0 Å². The van der Waals surface area contributed by atoms with Crippen molar-refractivity contribution in [2.75, 3.05) is 0 Å². The van der Waals surface area contributed by atoms with Crippen molar-refractivity contribution in [1.82, 2.24) is 0 Å². The topological polar surface area (TPSA) is 55.7 Å². The molecular formula is C18H23NO3. The van der Waals surface area contributed by atoms with Crippen LogP contribution in [0.2, 0.25) is 0 Å². The van der Waals surface area contributed by atoms with Gasteiger partial charge in [-0.15, -0.1) is 0 Å². The molecule has 0 saturated carbocycles. The van der Waals surface area contributed by atoms with Crippen LogP contribution in [0.25, 0.3) is 0 Å². The summed E-state index contributed by atoms with van der Waals surface area (Å²) >= 11 is 0. The van der Waals surface area contributed by atoms with Crippen molar-refractivity contribution in [3.05, 3.63) is 35.9 Å². The van der Waals surface area contributed by atoms with E-state index in [1.807, 2.05) is 37.3 Å². The Bertz CT molecular complexity index is 565. The van der Waals surface area contributed by atoms with Gasteiger partial charge in [0.05, 0.1) is 0 Å². The van der Waals surface area contributed by atoms with Crippen LogP contribution < -0.4 is 0 Å². The minimum atomic E-state index is -0.936. The third kappa shape index (κ3) is 3.11. The van der Waals surface area contributed by atoms with Crippen LogP contribution in [-0.2, 0) is 14.3 Å². The summed E-state index contributed by atoms with van der Waals surface area (Å²) in [6, 6.07) is 9.42. The molecule has 0 radical (unpaired) electrons. The summed E-state index contributed by atoms with van der Waals surface area (Å²) in [5, 5.41) is 0. The van der Waals surface area contributed by atoms with E-state index in [0.29, 0.717) is 25.2 Å². The molecule has 1 aliphatic rings. The molecule has 1 aliphatic heterocycles. The quantitative estimate of drug-likeness (QED) is 0.573. The fourth-order valence-corrected chi connectivity index (χ4v) is 3.12. The van der Waals surface area contributed by atoms with Gasteiger partial charge < -0.3 is 9.53 Å². The fraction of sp³-hybridized carbons (Fsp3) is 0.500. The van der Waals surface area contributed by atoms with Gasteiger partial charge in [-0.2, -0.15) is 0 Å². The highest BCUT2D eigenvalue weighted by atomic mass is 16.6. The average Bonchev–Trinajstić information content (AvgIpc) is 2.83. The number of nitrogens with zero attached hydrogens (tertiary/aromatic N) is 1. The van der Waals surface area contributed by atoms with E-state index in [2.05, 4.69) is 18.8 Å². The van der Waals surface area contributed by atoms with E-state index in [1.54, 1.807) is 0 Å². The summed E-state index contributed by atoms with van der Waals surface area (Å²) in [5.41, 5.74) is -0.142. The smallest absolute Gasteiger partial charge is 0.341 e. The molecule has 1 aromatic carbocycles. The summed E-state index contributed by atoms with van der Waals surface area (Å²) in [5.74, 6) is 0.206. The molecule has 1 heterocycles. The maximum atomic E-state index is 12.6. The van der Waals surface area contributed by atoms with Crippen molar-refractivity contribution in [1.29, 1.82) is 0 Å². The first kappa shape index (κ1) is 16.4. The normalized spacial score (nSPS) is 22.4. The molecule has 0 spiro atoms. The van der Waals surface area contributed by atoms with Crippen molar-refractivity contribution in [3.8, 4) is 0 Å². The predicted molar refractivity (Wildman–Crippen MR) is 85.7 cm³/mol. The highest BCUT2D eigenvalue weighted by Gasteiger charge is 2.51. The number of cyclic esters (lactones) is 1. The number of benzene rings is 1. The second kappa shape index (κ2) is 6.86. The number of ether oxygens (including phenoxy) is 1. The van der Waals surface area contributed by atoms with Gasteiger partial charge in [0, 0.05) is 17.9 Å². The van der Waals surface area contributed by atoms with Crippen LogP contribution >= 0.6 is 0 Å².